The molecule has 29 heavy (non-hydrogen) atoms. The van der Waals surface area contributed by atoms with Crippen molar-refractivity contribution in [3.63, 3.8) is 0 Å². The summed E-state index contributed by atoms with van der Waals surface area (Å²) in [6.45, 7) is 0. The van der Waals surface area contributed by atoms with Gasteiger partial charge in [-0.25, -0.2) is 0 Å². The quantitative estimate of drug-likeness (QED) is 0.272. The van der Waals surface area contributed by atoms with E-state index in [9.17, 15) is 4.57 Å². The van der Waals surface area contributed by atoms with E-state index in [1.807, 2.05) is 103 Å². The van der Waals surface area contributed by atoms with Crippen molar-refractivity contribution in [1.29, 1.82) is 0 Å². The van der Waals surface area contributed by atoms with Gasteiger partial charge >= 0.3 is 0 Å². The molecule has 5 heteroatoms. The average Bonchev–Trinajstić information content (AvgIpc) is 2.77. The Bertz CT molecular complexity index is 1120. The van der Waals surface area contributed by atoms with Gasteiger partial charge < -0.3 is 9.30 Å². The fraction of sp³-hybridized carbons (Fsp3) is 0. The Labute approximate surface area is 187 Å². The Morgan fingerprint density at radius 2 is 1.14 bits per heavy atom. The Balaban J connectivity index is 1.92. The van der Waals surface area contributed by atoms with E-state index in [1.165, 1.54) is 0 Å². The molecule has 0 aliphatic rings. The van der Waals surface area contributed by atoms with E-state index >= 15 is 0 Å². The summed E-state index contributed by atoms with van der Waals surface area (Å²) in [5.41, 5.74) is 0. The van der Waals surface area contributed by atoms with E-state index in [0.717, 1.165) is 19.6 Å². The van der Waals surface area contributed by atoms with Crippen molar-refractivity contribution in [2.75, 3.05) is 0 Å². The number of hydrogen-bond donors (Lipinski definition) is 0. The van der Waals surface area contributed by atoms with Crippen LogP contribution in [0.5, 0.6) is 11.5 Å². The molecule has 4 rings (SSSR count). The molecule has 144 valence electrons. The van der Waals surface area contributed by atoms with Crippen LogP contribution in [0.25, 0.3) is 0 Å². The highest BCUT2D eigenvalue weighted by Crippen LogP contribution is 2.46. The first-order valence-electron chi connectivity index (χ1n) is 9.02. The lowest BCUT2D eigenvalue weighted by Crippen LogP contribution is -2.26. The summed E-state index contributed by atoms with van der Waals surface area (Å²) in [6, 6.07) is 32.4. The standard InChI is InChI=1S/C24H17Br2O2P/c25-18-11-14-20(15-12-18)28-23-16-13-19(26)17-24(23)29(27,21-7-3-1-4-8-21)22-9-5-2-6-10-22/h1-17H. The molecule has 0 spiro atoms. The first-order chi connectivity index (χ1) is 14.1. The summed E-state index contributed by atoms with van der Waals surface area (Å²) in [5, 5.41) is 2.20. The van der Waals surface area contributed by atoms with Gasteiger partial charge in [0.05, 0.1) is 5.30 Å². The first kappa shape index (κ1) is 20.2. The van der Waals surface area contributed by atoms with Gasteiger partial charge in [0, 0.05) is 19.6 Å². The normalized spacial score (nSPS) is 11.2. The Hall–Kier alpha value is -2.13. The molecule has 0 heterocycles. The predicted molar refractivity (Wildman–Crippen MR) is 128 cm³/mol. The second-order valence-electron chi connectivity index (χ2n) is 6.45. The molecule has 2 nitrogen and oxygen atoms in total. The molecule has 0 saturated heterocycles. The van der Waals surface area contributed by atoms with Crippen LogP contribution in [0.4, 0.5) is 0 Å². The van der Waals surface area contributed by atoms with Crippen molar-refractivity contribution >= 4 is 54.9 Å². The third-order valence-electron chi connectivity index (χ3n) is 4.54. The molecule has 4 aromatic carbocycles. The highest BCUT2D eigenvalue weighted by Gasteiger charge is 2.33. The summed E-state index contributed by atoms with van der Waals surface area (Å²) < 4.78 is 22.7. The zero-order chi connectivity index (χ0) is 20.3. The SMILES string of the molecule is O=P(c1ccccc1)(c1ccccc1)c1cc(Br)ccc1Oc1ccc(Br)cc1. The third-order valence-corrected chi connectivity index (χ3v) is 8.64. The number of ether oxygens (including phenoxy) is 1. The number of hydrogen-bond acceptors (Lipinski definition) is 2. The molecule has 0 fully saturated rings. The van der Waals surface area contributed by atoms with Crippen LogP contribution in [-0.2, 0) is 4.57 Å². The minimum Gasteiger partial charge on any atom is -0.457 e. The van der Waals surface area contributed by atoms with E-state index < -0.39 is 7.14 Å². The number of rotatable bonds is 5. The molecule has 0 aliphatic heterocycles. The summed E-state index contributed by atoms with van der Waals surface area (Å²) in [7, 11) is -3.15. The van der Waals surface area contributed by atoms with E-state index in [-0.39, 0.29) is 0 Å². The van der Waals surface area contributed by atoms with Crippen LogP contribution < -0.4 is 20.7 Å². The molecule has 0 aromatic heterocycles. The Morgan fingerprint density at radius 3 is 1.69 bits per heavy atom. The summed E-state index contributed by atoms with van der Waals surface area (Å²) in [5.74, 6) is 1.26. The highest BCUT2D eigenvalue weighted by atomic mass is 79.9. The fourth-order valence-electron chi connectivity index (χ4n) is 3.16. The molecule has 0 unspecified atom stereocenters. The molecule has 0 radical (unpaired) electrons. The fourth-order valence-corrected chi connectivity index (χ4v) is 6.75. The molecule has 0 saturated carbocycles. The average molecular weight is 528 g/mol. The van der Waals surface area contributed by atoms with Gasteiger partial charge in [-0.1, -0.05) is 92.5 Å². The van der Waals surface area contributed by atoms with Gasteiger partial charge in [0.2, 0.25) is 0 Å². The number of benzene rings is 4. The lowest BCUT2D eigenvalue weighted by Gasteiger charge is -2.23. The maximum Gasteiger partial charge on any atom is 0.174 e. The molecular weight excluding hydrogens is 511 g/mol. The molecule has 0 amide bonds. The van der Waals surface area contributed by atoms with E-state index in [2.05, 4.69) is 31.9 Å². The highest BCUT2D eigenvalue weighted by molar-refractivity contribution is 9.10. The van der Waals surface area contributed by atoms with Gasteiger partial charge in [-0.15, -0.1) is 0 Å². The smallest absolute Gasteiger partial charge is 0.174 e. The maximum atomic E-state index is 14.7. The first-order valence-corrected chi connectivity index (χ1v) is 12.3. The molecule has 0 atom stereocenters. The minimum atomic E-state index is -3.15. The summed E-state index contributed by atoms with van der Waals surface area (Å²) in [4.78, 5) is 0. The second-order valence-corrected chi connectivity index (χ2v) is 11.0. The lowest BCUT2D eigenvalue weighted by molar-refractivity contribution is 0.485. The van der Waals surface area contributed by atoms with Crippen molar-refractivity contribution in [3.8, 4) is 11.5 Å². The summed E-state index contributed by atoms with van der Waals surface area (Å²) in [6.07, 6.45) is 0. The van der Waals surface area contributed by atoms with E-state index in [1.54, 1.807) is 0 Å². The van der Waals surface area contributed by atoms with Crippen molar-refractivity contribution in [1.82, 2.24) is 0 Å². The van der Waals surface area contributed by atoms with Crippen LogP contribution in [0.3, 0.4) is 0 Å². The monoisotopic (exact) mass is 526 g/mol. The molecule has 0 aliphatic carbocycles. The van der Waals surface area contributed by atoms with Crippen molar-refractivity contribution in [2.24, 2.45) is 0 Å². The van der Waals surface area contributed by atoms with Crippen LogP contribution in [0.15, 0.2) is 112 Å². The van der Waals surface area contributed by atoms with Gasteiger partial charge in [-0.05, 0) is 42.5 Å². The Morgan fingerprint density at radius 1 is 0.621 bits per heavy atom. The minimum absolute atomic E-state index is 0.576. The Kier molecular flexibility index (Phi) is 6.05. The maximum absolute atomic E-state index is 14.7. The summed E-state index contributed by atoms with van der Waals surface area (Å²) >= 11 is 6.99. The van der Waals surface area contributed by atoms with Crippen molar-refractivity contribution in [2.45, 2.75) is 0 Å². The van der Waals surface area contributed by atoms with Gasteiger partial charge in [0.25, 0.3) is 0 Å². The predicted octanol–water partition coefficient (Wildman–Crippen LogP) is 6.64. The van der Waals surface area contributed by atoms with Crippen LogP contribution in [-0.4, -0.2) is 0 Å². The molecule has 4 aromatic rings. The van der Waals surface area contributed by atoms with Crippen molar-refractivity contribution < 1.29 is 9.30 Å². The molecule has 0 bridgehead atoms. The zero-order valence-electron chi connectivity index (χ0n) is 15.3. The van der Waals surface area contributed by atoms with Crippen LogP contribution in [0, 0.1) is 0 Å². The van der Waals surface area contributed by atoms with Gasteiger partial charge in [-0.3, -0.25) is 0 Å². The topological polar surface area (TPSA) is 26.3 Å². The van der Waals surface area contributed by atoms with E-state index in [4.69, 9.17) is 4.74 Å². The van der Waals surface area contributed by atoms with Crippen LogP contribution in [0.1, 0.15) is 0 Å². The largest absolute Gasteiger partial charge is 0.457 e. The van der Waals surface area contributed by atoms with Gasteiger partial charge in [-0.2, -0.15) is 0 Å². The molecular formula is C24H17Br2O2P. The number of halogens is 2. The van der Waals surface area contributed by atoms with Gasteiger partial charge in [0.1, 0.15) is 11.5 Å². The molecule has 0 N–H and O–H groups in total. The second kappa shape index (κ2) is 8.71. The van der Waals surface area contributed by atoms with Crippen molar-refractivity contribution in [3.05, 3.63) is 112 Å². The van der Waals surface area contributed by atoms with E-state index in [0.29, 0.717) is 16.8 Å². The van der Waals surface area contributed by atoms with Crippen LogP contribution >= 0.6 is 39.0 Å². The van der Waals surface area contributed by atoms with Crippen LogP contribution in [0.2, 0.25) is 0 Å². The zero-order valence-corrected chi connectivity index (χ0v) is 19.4. The van der Waals surface area contributed by atoms with Gasteiger partial charge in [0.15, 0.2) is 7.14 Å². The lowest BCUT2D eigenvalue weighted by atomic mass is 10.3. The third kappa shape index (κ3) is 4.25.